The minimum atomic E-state index is -0.419. The Balaban J connectivity index is 2.01. The van der Waals surface area contributed by atoms with Gasteiger partial charge >= 0.3 is 0 Å². The Hall–Kier alpha value is -3.59. The summed E-state index contributed by atoms with van der Waals surface area (Å²) in [7, 11) is 0. The van der Waals surface area contributed by atoms with E-state index in [-0.39, 0.29) is 18.3 Å². The van der Waals surface area contributed by atoms with Crippen LogP contribution in [0.2, 0.25) is 0 Å². The van der Waals surface area contributed by atoms with E-state index in [1.54, 1.807) is 50.5 Å². The number of rotatable bonds is 7. The van der Waals surface area contributed by atoms with E-state index in [9.17, 15) is 15.2 Å². The smallest absolute Gasteiger partial charge is 0.274 e. The zero-order valence-corrected chi connectivity index (χ0v) is 15.5. The van der Waals surface area contributed by atoms with E-state index in [0.29, 0.717) is 28.7 Å². The Morgan fingerprint density at radius 1 is 1.25 bits per heavy atom. The summed E-state index contributed by atoms with van der Waals surface area (Å²) in [5, 5.41) is 26.6. The summed E-state index contributed by atoms with van der Waals surface area (Å²) in [5.74, 6) is 0.790. The van der Waals surface area contributed by atoms with Crippen molar-refractivity contribution >= 4 is 23.1 Å². The van der Waals surface area contributed by atoms with Crippen LogP contribution in [0.4, 0.5) is 23.1 Å². The van der Waals surface area contributed by atoms with E-state index in [1.165, 1.54) is 6.07 Å². The second-order valence-corrected chi connectivity index (χ2v) is 6.26. The third-order valence-corrected chi connectivity index (χ3v) is 4.10. The molecule has 0 amide bonds. The first-order valence-electron chi connectivity index (χ1n) is 8.66. The first-order valence-corrected chi connectivity index (χ1v) is 8.66. The van der Waals surface area contributed by atoms with Crippen LogP contribution in [-0.4, -0.2) is 37.6 Å². The summed E-state index contributed by atoms with van der Waals surface area (Å²) in [6.45, 7) is 3.40. The molecule has 3 aromatic rings. The SMILES string of the molecule is Cc1c(Nc2cc(-c3cccnc3)nc(N[C@H](C)CO)n2)cccc1[N+](=O)[O-]. The average Bonchev–Trinajstić information content (AvgIpc) is 2.69. The molecular formula is C19H20N6O3. The first-order chi connectivity index (χ1) is 13.5. The van der Waals surface area contributed by atoms with E-state index in [2.05, 4.69) is 25.6 Å². The van der Waals surface area contributed by atoms with Gasteiger partial charge in [-0.2, -0.15) is 4.98 Å². The quantitative estimate of drug-likeness (QED) is 0.421. The fraction of sp³-hybridized carbons (Fsp3) is 0.211. The number of aliphatic hydroxyl groups is 1. The highest BCUT2D eigenvalue weighted by atomic mass is 16.6. The third-order valence-electron chi connectivity index (χ3n) is 4.10. The van der Waals surface area contributed by atoms with Crippen molar-refractivity contribution in [2.75, 3.05) is 17.2 Å². The maximum atomic E-state index is 11.2. The Morgan fingerprint density at radius 2 is 2.07 bits per heavy atom. The molecule has 0 aliphatic heterocycles. The van der Waals surface area contributed by atoms with Crippen LogP contribution in [0.25, 0.3) is 11.3 Å². The summed E-state index contributed by atoms with van der Waals surface area (Å²) in [4.78, 5) is 23.8. The lowest BCUT2D eigenvalue weighted by molar-refractivity contribution is -0.385. The molecule has 0 unspecified atom stereocenters. The highest BCUT2D eigenvalue weighted by Crippen LogP contribution is 2.29. The third kappa shape index (κ3) is 4.38. The van der Waals surface area contributed by atoms with Gasteiger partial charge in [-0.15, -0.1) is 0 Å². The number of nitrogens with one attached hydrogen (secondary N) is 2. The van der Waals surface area contributed by atoms with Crippen LogP contribution in [0.1, 0.15) is 12.5 Å². The Kier molecular flexibility index (Phi) is 5.75. The summed E-state index contributed by atoms with van der Waals surface area (Å²) in [5.41, 5.74) is 2.53. The molecule has 1 atom stereocenters. The van der Waals surface area contributed by atoms with Crippen LogP contribution in [0.15, 0.2) is 48.8 Å². The van der Waals surface area contributed by atoms with Crippen LogP contribution in [0, 0.1) is 17.0 Å². The van der Waals surface area contributed by atoms with Gasteiger partial charge in [-0.05, 0) is 32.0 Å². The lowest BCUT2D eigenvalue weighted by Crippen LogP contribution is -2.21. The molecule has 3 N–H and O–H groups in total. The molecule has 0 saturated carbocycles. The number of aromatic nitrogens is 3. The van der Waals surface area contributed by atoms with E-state index in [1.807, 2.05) is 6.07 Å². The summed E-state index contributed by atoms with van der Waals surface area (Å²) < 4.78 is 0. The molecule has 2 aromatic heterocycles. The van der Waals surface area contributed by atoms with Gasteiger partial charge in [-0.3, -0.25) is 15.1 Å². The Labute approximate surface area is 161 Å². The van der Waals surface area contributed by atoms with Gasteiger partial charge in [-0.25, -0.2) is 4.98 Å². The van der Waals surface area contributed by atoms with Gasteiger partial charge in [0, 0.05) is 41.8 Å². The van der Waals surface area contributed by atoms with Gasteiger partial charge in [0.05, 0.1) is 22.8 Å². The zero-order valence-electron chi connectivity index (χ0n) is 15.5. The number of nitro groups is 1. The number of nitro benzene ring substituents is 1. The minimum Gasteiger partial charge on any atom is -0.394 e. The molecule has 3 rings (SSSR count). The van der Waals surface area contributed by atoms with E-state index >= 15 is 0 Å². The molecular weight excluding hydrogens is 360 g/mol. The largest absolute Gasteiger partial charge is 0.394 e. The predicted molar refractivity (Wildman–Crippen MR) is 107 cm³/mol. The van der Waals surface area contributed by atoms with E-state index < -0.39 is 4.92 Å². The molecule has 0 bridgehead atoms. The first kappa shape index (κ1) is 19.2. The highest BCUT2D eigenvalue weighted by molar-refractivity contribution is 5.70. The van der Waals surface area contributed by atoms with Crippen molar-refractivity contribution in [3.05, 3.63) is 64.5 Å². The van der Waals surface area contributed by atoms with Crippen LogP contribution in [-0.2, 0) is 0 Å². The molecule has 9 nitrogen and oxygen atoms in total. The molecule has 1 aromatic carbocycles. The normalized spacial score (nSPS) is 11.7. The van der Waals surface area contributed by atoms with Gasteiger partial charge < -0.3 is 15.7 Å². The molecule has 0 saturated heterocycles. The molecule has 0 aliphatic carbocycles. The van der Waals surface area contributed by atoms with E-state index in [4.69, 9.17) is 0 Å². The predicted octanol–water partition coefficient (Wildman–Crippen LogP) is 3.29. The Morgan fingerprint density at radius 3 is 2.75 bits per heavy atom. The number of hydrogen-bond donors (Lipinski definition) is 3. The summed E-state index contributed by atoms with van der Waals surface area (Å²) in [6.07, 6.45) is 3.35. The summed E-state index contributed by atoms with van der Waals surface area (Å²) >= 11 is 0. The second kappa shape index (κ2) is 8.40. The van der Waals surface area contributed by atoms with Crippen LogP contribution < -0.4 is 10.6 Å². The topological polar surface area (TPSA) is 126 Å². The molecule has 144 valence electrons. The maximum absolute atomic E-state index is 11.2. The maximum Gasteiger partial charge on any atom is 0.274 e. The van der Waals surface area contributed by atoms with Crippen LogP contribution >= 0.6 is 0 Å². The fourth-order valence-electron chi connectivity index (χ4n) is 2.60. The number of aliphatic hydroxyl groups excluding tert-OH is 1. The van der Waals surface area contributed by atoms with Crippen molar-refractivity contribution in [1.82, 2.24) is 15.0 Å². The van der Waals surface area contributed by atoms with Crippen LogP contribution in [0.3, 0.4) is 0 Å². The molecule has 0 radical (unpaired) electrons. The number of anilines is 3. The average molecular weight is 380 g/mol. The van der Waals surface area contributed by atoms with Crippen molar-refractivity contribution in [1.29, 1.82) is 0 Å². The number of pyridine rings is 1. The van der Waals surface area contributed by atoms with Crippen molar-refractivity contribution in [3.63, 3.8) is 0 Å². The second-order valence-electron chi connectivity index (χ2n) is 6.26. The number of nitrogens with zero attached hydrogens (tertiary/aromatic N) is 4. The zero-order chi connectivity index (χ0) is 20.1. The number of benzene rings is 1. The van der Waals surface area contributed by atoms with Gasteiger partial charge in [0.15, 0.2) is 0 Å². The Bertz CT molecular complexity index is 981. The van der Waals surface area contributed by atoms with Gasteiger partial charge in [-0.1, -0.05) is 6.07 Å². The van der Waals surface area contributed by atoms with Crippen molar-refractivity contribution in [2.45, 2.75) is 19.9 Å². The molecule has 0 aliphatic rings. The van der Waals surface area contributed by atoms with Crippen molar-refractivity contribution < 1.29 is 10.0 Å². The molecule has 9 heteroatoms. The fourth-order valence-corrected chi connectivity index (χ4v) is 2.60. The van der Waals surface area contributed by atoms with Crippen molar-refractivity contribution in [3.8, 4) is 11.3 Å². The van der Waals surface area contributed by atoms with Gasteiger partial charge in [0.1, 0.15) is 5.82 Å². The monoisotopic (exact) mass is 380 g/mol. The number of hydrogen-bond acceptors (Lipinski definition) is 8. The molecule has 0 spiro atoms. The lowest BCUT2D eigenvalue weighted by atomic mass is 10.1. The standard InChI is InChI=1S/C19H20N6O3/c1-12(11-26)21-19-23-16(14-5-4-8-20-10-14)9-18(24-19)22-15-6-3-7-17(13(15)2)25(27)28/h3-10,12,26H,11H2,1-2H3,(H2,21,22,23,24)/t12-/m1/s1. The molecule has 28 heavy (non-hydrogen) atoms. The summed E-state index contributed by atoms with van der Waals surface area (Å²) in [6, 6.07) is 10.00. The van der Waals surface area contributed by atoms with Crippen molar-refractivity contribution in [2.24, 2.45) is 0 Å². The van der Waals surface area contributed by atoms with E-state index in [0.717, 1.165) is 5.56 Å². The van der Waals surface area contributed by atoms with Gasteiger partial charge in [0.2, 0.25) is 5.95 Å². The lowest BCUT2D eigenvalue weighted by Gasteiger charge is -2.15. The highest BCUT2D eigenvalue weighted by Gasteiger charge is 2.15. The van der Waals surface area contributed by atoms with Crippen LogP contribution in [0.5, 0.6) is 0 Å². The van der Waals surface area contributed by atoms with Gasteiger partial charge in [0.25, 0.3) is 5.69 Å². The molecule has 0 fully saturated rings. The molecule has 2 heterocycles. The minimum absolute atomic E-state index is 0.0267.